The van der Waals surface area contributed by atoms with E-state index in [2.05, 4.69) is 69.4 Å². The fourth-order valence-corrected chi connectivity index (χ4v) is 10.0. The fraction of sp³-hybridized carbons (Fsp3) is 0.843. The second kappa shape index (κ2) is 64.9. The number of rotatable bonds is 62. The van der Waals surface area contributed by atoms with Gasteiger partial charge in [0, 0.05) is 19.3 Å². The van der Waals surface area contributed by atoms with Crippen molar-refractivity contribution in [1.82, 2.24) is 0 Å². The Morgan fingerprint density at radius 1 is 0.276 bits per heavy atom. The van der Waals surface area contributed by atoms with Crippen molar-refractivity contribution in [2.75, 3.05) is 13.2 Å². The molecular formula is C70H128O6. The van der Waals surface area contributed by atoms with Crippen molar-refractivity contribution in [3.8, 4) is 0 Å². The number of carbonyl (C=O) groups excluding carboxylic acids is 3. The summed E-state index contributed by atoms with van der Waals surface area (Å²) in [6.45, 7) is 6.53. The standard InChI is InChI=1S/C70H128O6/c1-4-7-10-13-16-19-22-25-26-27-28-29-30-31-32-33-34-35-36-37-38-39-40-41-42-43-46-48-51-54-57-60-63-69(72)75-66-67(76-70(73)64-61-58-55-52-49-45-24-21-18-15-12-9-6-3)65-74-68(71)62-59-56-53-50-47-44-23-20-17-14-11-8-5-2/h9,12,18,20-21,23,45,49,67H,4-8,10-11,13-17,19,22,24-44,46-48,50-66H2,1-3H3/b12-9-,21-18-,23-20-,49-45-. The molecule has 0 N–H and O–H groups in total. The summed E-state index contributed by atoms with van der Waals surface area (Å²) in [5, 5.41) is 0. The molecule has 0 bridgehead atoms. The maximum absolute atomic E-state index is 12.8. The molecule has 0 aromatic carbocycles. The van der Waals surface area contributed by atoms with Gasteiger partial charge in [0.05, 0.1) is 0 Å². The predicted molar refractivity (Wildman–Crippen MR) is 330 cm³/mol. The van der Waals surface area contributed by atoms with Crippen LogP contribution >= 0.6 is 0 Å². The van der Waals surface area contributed by atoms with Gasteiger partial charge in [0.1, 0.15) is 13.2 Å². The average molecular weight is 1070 g/mol. The number of hydrogen-bond donors (Lipinski definition) is 0. The van der Waals surface area contributed by atoms with E-state index in [9.17, 15) is 14.4 Å². The first-order chi connectivity index (χ1) is 37.5. The molecule has 76 heavy (non-hydrogen) atoms. The smallest absolute Gasteiger partial charge is 0.306 e. The first kappa shape index (κ1) is 73.4. The molecule has 0 aromatic rings. The normalized spacial score (nSPS) is 12.3. The van der Waals surface area contributed by atoms with Gasteiger partial charge in [-0.1, -0.05) is 313 Å². The van der Waals surface area contributed by atoms with Gasteiger partial charge in [-0.05, 0) is 77.0 Å². The Bertz CT molecular complexity index is 1310. The summed E-state index contributed by atoms with van der Waals surface area (Å²) in [5.74, 6) is -0.906. The van der Waals surface area contributed by atoms with E-state index in [0.29, 0.717) is 19.3 Å². The van der Waals surface area contributed by atoms with Crippen LogP contribution in [0.15, 0.2) is 48.6 Å². The molecule has 0 rings (SSSR count). The topological polar surface area (TPSA) is 78.9 Å². The van der Waals surface area contributed by atoms with Crippen LogP contribution in [-0.2, 0) is 28.6 Å². The fourth-order valence-electron chi connectivity index (χ4n) is 10.0. The zero-order valence-electron chi connectivity index (χ0n) is 51.0. The molecule has 0 saturated carbocycles. The first-order valence-corrected chi connectivity index (χ1v) is 33.6. The third kappa shape index (κ3) is 62.2. The SMILES string of the molecule is CC/C=C\C/C=C\C/C=C\CCCCCC(=O)OC(COC(=O)CCCCCCC/C=C\CCCCCC)COC(=O)CCCCCCCCCCCCCCCCCCCCCCCCCCCCCCCCCC. The molecule has 6 nitrogen and oxygen atoms in total. The zero-order valence-corrected chi connectivity index (χ0v) is 51.0. The molecule has 6 heteroatoms. The number of unbranched alkanes of at least 4 members (excludes halogenated alkanes) is 43. The Hall–Kier alpha value is -2.63. The Morgan fingerprint density at radius 2 is 0.513 bits per heavy atom. The van der Waals surface area contributed by atoms with E-state index in [4.69, 9.17) is 14.2 Å². The molecule has 0 aliphatic heterocycles. The lowest BCUT2D eigenvalue weighted by atomic mass is 10.0. The van der Waals surface area contributed by atoms with Gasteiger partial charge in [-0.2, -0.15) is 0 Å². The lowest BCUT2D eigenvalue weighted by Crippen LogP contribution is -2.30. The van der Waals surface area contributed by atoms with Gasteiger partial charge in [-0.15, -0.1) is 0 Å². The molecule has 0 spiro atoms. The molecule has 0 heterocycles. The lowest BCUT2D eigenvalue weighted by Gasteiger charge is -2.18. The van der Waals surface area contributed by atoms with Gasteiger partial charge < -0.3 is 14.2 Å². The highest BCUT2D eigenvalue weighted by Gasteiger charge is 2.19. The number of hydrogen-bond acceptors (Lipinski definition) is 6. The Balaban J connectivity index is 4.07. The van der Waals surface area contributed by atoms with Crippen LogP contribution in [0.1, 0.15) is 361 Å². The molecule has 1 unspecified atom stereocenters. The molecule has 0 aliphatic rings. The van der Waals surface area contributed by atoms with Crippen molar-refractivity contribution in [3.63, 3.8) is 0 Å². The predicted octanol–water partition coefficient (Wildman–Crippen LogP) is 22.9. The third-order valence-electron chi connectivity index (χ3n) is 15.1. The quantitative estimate of drug-likeness (QED) is 0.0261. The van der Waals surface area contributed by atoms with Crippen LogP contribution in [0.5, 0.6) is 0 Å². The van der Waals surface area contributed by atoms with Crippen molar-refractivity contribution in [2.45, 2.75) is 367 Å². The van der Waals surface area contributed by atoms with Crippen molar-refractivity contribution in [3.05, 3.63) is 48.6 Å². The molecular weight excluding hydrogens is 937 g/mol. The molecule has 0 aliphatic carbocycles. The summed E-state index contributed by atoms with van der Waals surface area (Å²) in [4.78, 5) is 38.2. The lowest BCUT2D eigenvalue weighted by molar-refractivity contribution is -0.167. The number of allylic oxidation sites excluding steroid dienone is 8. The Labute approximate surface area is 473 Å². The van der Waals surface area contributed by atoms with Crippen LogP contribution in [0.4, 0.5) is 0 Å². The summed E-state index contributed by atoms with van der Waals surface area (Å²) in [6.07, 6.45) is 81.6. The van der Waals surface area contributed by atoms with Crippen LogP contribution in [-0.4, -0.2) is 37.2 Å². The second-order valence-electron chi connectivity index (χ2n) is 22.7. The molecule has 0 saturated heterocycles. The third-order valence-corrected chi connectivity index (χ3v) is 15.1. The highest BCUT2D eigenvalue weighted by molar-refractivity contribution is 5.71. The maximum Gasteiger partial charge on any atom is 0.306 e. The molecule has 0 aromatic heterocycles. The Kier molecular flexibility index (Phi) is 62.6. The second-order valence-corrected chi connectivity index (χ2v) is 22.7. The van der Waals surface area contributed by atoms with Crippen molar-refractivity contribution < 1.29 is 28.6 Å². The molecule has 0 fully saturated rings. The summed E-state index contributed by atoms with van der Waals surface area (Å²) in [6, 6.07) is 0. The average Bonchev–Trinajstić information content (AvgIpc) is 3.42. The van der Waals surface area contributed by atoms with Crippen LogP contribution in [0, 0.1) is 0 Å². The van der Waals surface area contributed by atoms with Crippen LogP contribution < -0.4 is 0 Å². The van der Waals surface area contributed by atoms with Crippen molar-refractivity contribution in [1.29, 1.82) is 0 Å². The van der Waals surface area contributed by atoms with E-state index in [1.807, 2.05) is 0 Å². The zero-order chi connectivity index (χ0) is 55.0. The minimum atomic E-state index is -0.790. The monoisotopic (exact) mass is 1060 g/mol. The van der Waals surface area contributed by atoms with Gasteiger partial charge >= 0.3 is 17.9 Å². The highest BCUT2D eigenvalue weighted by Crippen LogP contribution is 2.18. The van der Waals surface area contributed by atoms with Crippen LogP contribution in [0.2, 0.25) is 0 Å². The van der Waals surface area contributed by atoms with E-state index in [1.165, 1.54) is 231 Å². The minimum Gasteiger partial charge on any atom is -0.462 e. The number of ether oxygens (including phenoxy) is 3. The van der Waals surface area contributed by atoms with Gasteiger partial charge in [0.15, 0.2) is 6.10 Å². The molecule has 0 radical (unpaired) electrons. The largest absolute Gasteiger partial charge is 0.462 e. The van der Waals surface area contributed by atoms with E-state index in [-0.39, 0.29) is 31.1 Å². The van der Waals surface area contributed by atoms with Crippen molar-refractivity contribution >= 4 is 17.9 Å². The summed E-state index contributed by atoms with van der Waals surface area (Å²) in [7, 11) is 0. The molecule has 0 amide bonds. The van der Waals surface area contributed by atoms with E-state index in [0.717, 1.165) is 89.9 Å². The van der Waals surface area contributed by atoms with Gasteiger partial charge in [0.2, 0.25) is 0 Å². The van der Waals surface area contributed by atoms with Crippen LogP contribution in [0.25, 0.3) is 0 Å². The van der Waals surface area contributed by atoms with Gasteiger partial charge in [-0.3, -0.25) is 14.4 Å². The minimum absolute atomic E-state index is 0.0845. The van der Waals surface area contributed by atoms with E-state index < -0.39 is 6.10 Å². The van der Waals surface area contributed by atoms with E-state index in [1.54, 1.807) is 0 Å². The van der Waals surface area contributed by atoms with Gasteiger partial charge in [-0.25, -0.2) is 0 Å². The highest BCUT2D eigenvalue weighted by atomic mass is 16.6. The van der Waals surface area contributed by atoms with Crippen molar-refractivity contribution in [2.24, 2.45) is 0 Å². The molecule has 1 atom stereocenters. The number of carbonyl (C=O) groups is 3. The summed E-state index contributed by atoms with van der Waals surface area (Å²) >= 11 is 0. The summed E-state index contributed by atoms with van der Waals surface area (Å²) in [5.41, 5.74) is 0. The molecule has 444 valence electrons. The maximum atomic E-state index is 12.8. The Morgan fingerprint density at radius 3 is 0.842 bits per heavy atom. The first-order valence-electron chi connectivity index (χ1n) is 33.6. The van der Waals surface area contributed by atoms with Gasteiger partial charge in [0.25, 0.3) is 0 Å². The van der Waals surface area contributed by atoms with Crippen LogP contribution in [0.3, 0.4) is 0 Å². The number of esters is 3. The summed E-state index contributed by atoms with van der Waals surface area (Å²) < 4.78 is 16.9. The van der Waals surface area contributed by atoms with E-state index >= 15 is 0 Å².